The lowest BCUT2D eigenvalue weighted by molar-refractivity contribution is -0.116. The van der Waals surface area contributed by atoms with Crippen LogP contribution in [0.15, 0.2) is 48.5 Å². The molecule has 2 amide bonds. The Kier molecular flexibility index (Phi) is 6.71. The molecule has 0 atom stereocenters. The lowest BCUT2D eigenvalue weighted by Crippen LogP contribution is -2.16. The zero-order valence-corrected chi connectivity index (χ0v) is 17.5. The molecule has 2 heterocycles. The van der Waals surface area contributed by atoms with E-state index < -0.39 is 5.91 Å². The molecule has 0 bridgehead atoms. The van der Waals surface area contributed by atoms with Gasteiger partial charge in [-0.2, -0.15) is 0 Å². The van der Waals surface area contributed by atoms with Crippen molar-refractivity contribution in [2.75, 3.05) is 17.7 Å². The Bertz CT molecular complexity index is 1110. The van der Waals surface area contributed by atoms with E-state index in [0.717, 1.165) is 16.6 Å². The number of carbonyl (C=O) groups excluding carboxylic acids is 2. The number of benzene rings is 1. The number of ether oxygens (including phenoxy) is 1. The summed E-state index contributed by atoms with van der Waals surface area (Å²) in [5.41, 5.74) is 2.00. The predicted octanol–water partition coefficient (Wildman–Crippen LogP) is 4.41. The van der Waals surface area contributed by atoms with E-state index in [1.807, 2.05) is 6.07 Å². The van der Waals surface area contributed by atoms with E-state index >= 15 is 0 Å². The van der Waals surface area contributed by atoms with Crippen LogP contribution < -0.4 is 10.6 Å². The number of hydrogen-bond acceptors (Lipinski definition) is 5. The van der Waals surface area contributed by atoms with Crippen molar-refractivity contribution < 1.29 is 14.3 Å². The smallest absolute Gasteiger partial charge is 0.290 e. The SMILES string of the molecule is CO/C(=C\C=C\c1cc2cc(Cl)c(Cl)cc2[nH]1)C(=O)Nc1cnc(NC(C)=O)nc1. The molecule has 154 valence electrons. The molecule has 2 aromatic heterocycles. The van der Waals surface area contributed by atoms with Crippen LogP contribution in [0, 0.1) is 0 Å². The first-order valence-electron chi connectivity index (χ1n) is 8.67. The Balaban J connectivity index is 1.68. The molecule has 30 heavy (non-hydrogen) atoms. The standard InChI is InChI=1S/C20H17Cl2N5O3/c1-11(28)25-20-23-9-14(10-24-20)27-19(29)18(30-2)5-3-4-13-6-12-7-15(21)16(22)8-17(12)26-13/h3-10,26H,1-2H3,(H,27,29)(H,23,24,25,28)/b4-3+,18-5-. The molecule has 0 saturated heterocycles. The molecule has 0 aliphatic heterocycles. The van der Waals surface area contributed by atoms with Crippen LogP contribution in [-0.2, 0) is 14.3 Å². The molecule has 8 nitrogen and oxygen atoms in total. The molecule has 0 unspecified atom stereocenters. The molecular weight excluding hydrogens is 429 g/mol. The molecule has 0 aliphatic carbocycles. The van der Waals surface area contributed by atoms with Gasteiger partial charge in [0.25, 0.3) is 5.91 Å². The van der Waals surface area contributed by atoms with Crippen LogP contribution in [0.3, 0.4) is 0 Å². The van der Waals surface area contributed by atoms with Gasteiger partial charge in [-0.25, -0.2) is 9.97 Å². The molecule has 0 aliphatic rings. The maximum atomic E-state index is 12.4. The maximum Gasteiger partial charge on any atom is 0.290 e. The lowest BCUT2D eigenvalue weighted by atomic mass is 10.2. The van der Waals surface area contributed by atoms with Gasteiger partial charge in [-0.05, 0) is 30.4 Å². The van der Waals surface area contributed by atoms with E-state index in [0.29, 0.717) is 15.7 Å². The van der Waals surface area contributed by atoms with Crippen molar-refractivity contribution in [3.8, 4) is 0 Å². The monoisotopic (exact) mass is 445 g/mol. The lowest BCUT2D eigenvalue weighted by Gasteiger charge is -2.07. The topological polar surface area (TPSA) is 109 Å². The Morgan fingerprint density at radius 1 is 1.10 bits per heavy atom. The highest BCUT2D eigenvalue weighted by Crippen LogP contribution is 2.28. The summed E-state index contributed by atoms with van der Waals surface area (Å²) in [6.45, 7) is 1.35. The van der Waals surface area contributed by atoms with Crippen LogP contribution in [-0.4, -0.2) is 33.9 Å². The van der Waals surface area contributed by atoms with Crippen LogP contribution in [0.1, 0.15) is 12.6 Å². The highest BCUT2D eigenvalue weighted by atomic mass is 35.5. The zero-order valence-electron chi connectivity index (χ0n) is 16.0. The Labute approximate surface area is 182 Å². The first-order chi connectivity index (χ1) is 14.4. The number of methoxy groups -OCH3 is 1. The number of H-pyrrole nitrogens is 1. The minimum Gasteiger partial charge on any atom is -0.491 e. The molecule has 0 radical (unpaired) electrons. The third kappa shape index (κ3) is 5.37. The van der Waals surface area contributed by atoms with E-state index in [-0.39, 0.29) is 17.6 Å². The fourth-order valence-corrected chi connectivity index (χ4v) is 2.86. The second-order valence-corrected chi connectivity index (χ2v) is 6.92. The van der Waals surface area contributed by atoms with Gasteiger partial charge in [0.2, 0.25) is 11.9 Å². The summed E-state index contributed by atoms with van der Waals surface area (Å²) < 4.78 is 5.14. The van der Waals surface area contributed by atoms with Crippen molar-refractivity contribution in [1.29, 1.82) is 0 Å². The van der Waals surface area contributed by atoms with Gasteiger partial charge < -0.3 is 15.0 Å². The van der Waals surface area contributed by atoms with E-state index in [9.17, 15) is 9.59 Å². The third-order valence-electron chi connectivity index (χ3n) is 3.85. The van der Waals surface area contributed by atoms with Gasteiger partial charge in [-0.1, -0.05) is 29.3 Å². The Morgan fingerprint density at radius 3 is 2.47 bits per heavy atom. The summed E-state index contributed by atoms with van der Waals surface area (Å²) in [5, 5.41) is 6.92. The molecule has 0 fully saturated rings. The molecule has 1 aromatic carbocycles. The van der Waals surface area contributed by atoms with Crippen LogP contribution in [0.4, 0.5) is 11.6 Å². The highest BCUT2D eigenvalue weighted by molar-refractivity contribution is 6.42. The van der Waals surface area contributed by atoms with Crippen LogP contribution in [0.2, 0.25) is 10.0 Å². The summed E-state index contributed by atoms with van der Waals surface area (Å²) in [4.78, 5) is 34.4. The zero-order chi connectivity index (χ0) is 21.7. The van der Waals surface area contributed by atoms with E-state index in [2.05, 4.69) is 25.6 Å². The number of fused-ring (bicyclic) bond motifs is 1. The summed E-state index contributed by atoms with van der Waals surface area (Å²) >= 11 is 12.1. The maximum absolute atomic E-state index is 12.4. The van der Waals surface area contributed by atoms with E-state index in [4.69, 9.17) is 27.9 Å². The minimum atomic E-state index is -0.478. The number of nitrogens with one attached hydrogen (secondary N) is 3. The molecule has 0 spiro atoms. The fraction of sp³-hybridized carbons (Fsp3) is 0.100. The summed E-state index contributed by atoms with van der Waals surface area (Å²) in [6, 6.07) is 5.43. The van der Waals surface area contributed by atoms with Gasteiger partial charge >= 0.3 is 0 Å². The first-order valence-corrected chi connectivity index (χ1v) is 9.42. The highest BCUT2D eigenvalue weighted by Gasteiger charge is 2.10. The van der Waals surface area contributed by atoms with Crippen LogP contribution in [0.5, 0.6) is 0 Å². The second-order valence-electron chi connectivity index (χ2n) is 6.10. The van der Waals surface area contributed by atoms with Gasteiger partial charge in [-0.15, -0.1) is 0 Å². The normalized spacial score (nSPS) is 11.7. The quantitative estimate of drug-likeness (QED) is 0.295. The van der Waals surface area contributed by atoms with Gasteiger partial charge in [0.05, 0.1) is 35.2 Å². The number of halogens is 2. The average Bonchev–Trinajstić information content (AvgIpc) is 3.08. The Hall–Kier alpha value is -3.36. The molecule has 3 rings (SSSR count). The number of amides is 2. The number of carbonyl (C=O) groups is 2. The van der Waals surface area contributed by atoms with Gasteiger partial charge in [0.15, 0.2) is 5.76 Å². The largest absolute Gasteiger partial charge is 0.491 e. The molecule has 3 N–H and O–H groups in total. The number of aromatic amines is 1. The average molecular weight is 446 g/mol. The number of rotatable bonds is 6. The van der Waals surface area contributed by atoms with Gasteiger partial charge in [0, 0.05) is 23.5 Å². The third-order valence-corrected chi connectivity index (χ3v) is 4.57. The molecular formula is C20H17Cl2N5O3. The van der Waals surface area contributed by atoms with Gasteiger partial charge in [0.1, 0.15) is 0 Å². The number of nitrogens with zero attached hydrogens (tertiary/aromatic N) is 2. The summed E-state index contributed by atoms with van der Waals surface area (Å²) in [7, 11) is 1.39. The van der Waals surface area contributed by atoms with Crippen LogP contribution >= 0.6 is 23.2 Å². The molecule has 3 aromatic rings. The second kappa shape index (κ2) is 9.43. The predicted molar refractivity (Wildman–Crippen MR) is 117 cm³/mol. The summed E-state index contributed by atoms with van der Waals surface area (Å²) in [6.07, 6.45) is 7.72. The Morgan fingerprint density at radius 2 is 1.80 bits per heavy atom. The molecule has 0 saturated carbocycles. The first kappa shape index (κ1) is 21.4. The van der Waals surface area contributed by atoms with E-state index in [1.165, 1.54) is 32.5 Å². The number of anilines is 2. The van der Waals surface area contributed by atoms with Crippen molar-refractivity contribution in [2.24, 2.45) is 0 Å². The molecule has 10 heteroatoms. The van der Waals surface area contributed by atoms with Crippen molar-refractivity contribution in [3.63, 3.8) is 0 Å². The van der Waals surface area contributed by atoms with Crippen molar-refractivity contribution in [1.82, 2.24) is 15.0 Å². The minimum absolute atomic E-state index is 0.0828. The fourth-order valence-electron chi connectivity index (χ4n) is 2.52. The number of allylic oxidation sites excluding steroid dienone is 2. The van der Waals surface area contributed by atoms with Gasteiger partial charge in [-0.3, -0.25) is 14.9 Å². The van der Waals surface area contributed by atoms with Crippen molar-refractivity contribution in [2.45, 2.75) is 6.92 Å². The van der Waals surface area contributed by atoms with Crippen molar-refractivity contribution in [3.05, 3.63) is 64.2 Å². The van der Waals surface area contributed by atoms with E-state index in [1.54, 1.807) is 24.3 Å². The number of hydrogen-bond donors (Lipinski definition) is 3. The van der Waals surface area contributed by atoms with Crippen LogP contribution in [0.25, 0.3) is 17.0 Å². The number of aromatic nitrogens is 3. The van der Waals surface area contributed by atoms with Crippen molar-refractivity contribution >= 4 is 63.6 Å². The summed E-state index contributed by atoms with van der Waals surface area (Å²) in [5.74, 6) is -0.538.